The van der Waals surface area contributed by atoms with Gasteiger partial charge in [0.15, 0.2) is 0 Å². The van der Waals surface area contributed by atoms with Crippen LogP contribution >= 0.6 is 0 Å². The first-order valence-corrected chi connectivity index (χ1v) is 8.64. The lowest BCUT2D eigenvalue weighted by Crippen LogP contribution is -2.36. The highest BCUT2D eigenvalue weighted by Gasteiger charge is 2.43. The summed E-state index contributed by atoms with van der Waals surface area (Å²) >= 11 is 0. The van der Waals surface area contributed by atoms with Crippen LogP contribution in [-0.4, -0.2) is 26.4 Å². The predicted octanol–water partition coefficient (Wildman–Crippen LogP) is 3.53. The van der Waals surface area contributed by atoms with Crippen molar-refractivity contribution in [3.8, 4) is 0 Å². The van der Waals surface area contributed by atoms with Crippen molar-refractivity contribution in [1.29, 1.82) is 0 Å². The summed E-state index contributed by atoms with van der Waals surface area (Å²) in [5.41, 5.74) is 4.47. The molecule has 0 N–H and O–H groups in total. The van der Waals surface area contributed by atoms with Gasteiger partial charge in [-0.3, -0.25) is 0 Å². The molecule has 3 nitrogen and oxygen atoms in total. The van der Waals surface area contributed by atoms with Crippen LogP contribution in [-0.2, 0) is 14.0 Å². The fourth-order valence-electron chi connectivity index (χ4n) is 3.48. The van der Waals surface area contributed by atoms with Crippen molar-refractivity contribution < 1.29 is 14.0 Å². The van der Waals surface area contributed by atoms with E-state index in [-0.39, 0.29) is 18.3 Å². The van der Waals surface area contributed by atoms with Crippen LogP contribution in [0, 0.1) is 0 Å². The van der Waals surface area contributed by atoms with Gasteiger partial charge in [0, 0.05) is 7.11 Å². The normalized spacial score (nSPS) is 23.3. The Morgan fingerprint density at radius 1 is 1.00 bits per heavy atom. The van der Waals surface area contributed by atoms with E-state index in [4.69, 9.17) is 14.0 Å². The molecule has 1 fully saturated rings. The van der Waals surface area contributed by atoms with E-state index in [2.05, 4.69) is 42.5 Å². The summed E-state index contributed by atoms with van der Waals surface area (Å²) in [6, 6.07) is 18.5. The van der Waals surface area contributed by atoms with Crippen LogP contribution in [0.5, 0.6) is 0 Å². The first kappa shape index (κ1) is 16.3. The average molecular weight is 332 g/mol. The van der Waals surface area contributed by atoms with Gasteiger partial charge in [-0.1, -0.05) is 72.8 Å². The Balaban J connectivity index is 1.64. The smallest absolute Gasteiger partial charge is 0.398 e. The standard InChI is InChI=1S/C21H21BO3/c1-15(23-2)17-11-6-7-13-19(17)22-24-20-14-8-12-18(21(20)25-22)16-9-4-3-5-10-16/h3-15,20-21H,1-2H3/t15-,20+,21-/m1/s1. The van der Waals surface area contributed by atoms with Crippen molar-refractivity contribution in [2.75, 3.05) is 7.11 Å². The summed E-state index contributed by atoms with van der Waals surface area (Å²) in [7, 11) is 1.33. The molecule has 0 amide bonds. The van der Waals surface area contributed by atoms with E-state index < -0.39 is 7.12 Å². The van der Waals surface area contributed by atoms with Crippen molar-refractivity contribution in [2.45, 2.75) is 25.2 Å². The zero-order valence-corrected chi connectivity index (χ0v) is 14.5. The van der Waals surface area contributed by atoms with Gasteiger partial charge in [0.25, 0.3) is 0 Å². The quantitative estimate of drug-likeness (QED) is 0.802. The number of rotatable bonds is 4. The molecular weight excluding hydrogens is 311 g/mol. The van der Waals surface area contributed by atoms with Crippen LogP contribution in [0.1, 0.15) is 24.2 Å². The molecule has 3 atom stereocenters. The fourth-order valence-corrected chi connectivity index (χ4v) is 3.48. The zero-order valence-electron chi connectivity index (χ0n) is 14.5. The Bertz CT molecular complexity index is 800. The van der Waals surface area contributed by atoms with Crippen molar-refractivity contribution >= 4 is 18.2 Å². The Hall–Kier alpha value is -2.14. The molecule has 0 bridgehead atoms. The van der Waals surface area contributed by atoms with E-state index in [1.54, 1.807) is 7.11 Å². The van der Waals surface area contributed by atoms with Gasteiger partial charge in [0.2, 0.25) is 0 Å². The van der Waals surface area contributed by atoms with Gasteiger partial charge in [-0.05, 0) is 29.1 Å². The maximum Gasteiger partial charge on any atom is 0.495 e. The molecule has 25 heavy (non-hydrogen) atoms. The minimum Gasteiger partial charge on any atom is -0.398 e. The number of benzene rings is 2. The Morgan fingerprint density at radius 3 is 2.56 bits per heavy atom. The number of fused-ring (bicyclic) bond motifs is 1. The highest BCUT2D eigenvalue weighted by molar-refractivity contribution is 6.62. The first-order chi connectivity index (χ1) is 12.3. The molecule has 4 heteroatoms. The van der Waals surface area contributed by atoms with Crippen LogP contribution < -0.4 is 5.46 Å². The highest BCUT2D eigenvalue weighted by atomic mass is 16.7. The lowest BCUT2D eigenvalue weighted by molar-refractivity contribution is 0.120. The molecule has 1 aliphatic carbocycles. The fraction of sp³-hybridized carbons (Fsp3) is 0.238. The van der Waals surface area contributed by atoms with Gasteiger partial charge in [0.05, 0.1) is 18.3 Å². The van der Waals surface area contributed by atoms with Crippen LogP contribution in [0.25, 0.3) is 5.57 Å². The molecule has 0 radical (unpaired) electrons. The second kappa shape index (κ2) is 7.00. The molecule has 0 spiro atoms. The third-order valence-corrected chi connectivity index (χ3v) is 4.88. The molecule has 0 aromatic heterocycles. The Kier molecular flexibility index (Phi) is 4.58. The minimum atomic E-state index is -0.390. The van der Waals surface area contributed by atoms with Crippen LogP contribution in [0.4, 0.5) is 0 Å². The van der Waals surface area contributed by atoms with Gasteiger partial charge in [-0.15, -0.1) is 0 Å². The van der Waals surface area contributed by atoms with E-state index >= 15 is 0 Å². The maximum atomic E-state index is 6.36. The van der Waals surface area contributed by atoms with Gasteiger partial charge in [-0.2, -0.15) is 0 Å². The topological polar surface area (TPSA) is 27.7 Å². The SMILES string of the molecule is CO[C@H](C)c1ccccc1B1O[C@H]2C=CC=C(c3ccccc3)[C@H]2O1. The molecule has 126 valence electrons. The summed E-state index contributed by atoms with van der Waals surface area (Å²) in [5.74, 6) is 0. The van der Waals surface area contributed by atoms with Crippen molar-refractivity contribution in [1.82, 2.24) is 0 Å². The lowest BCUT2D eigenvalue weighted by atomic mass is 9.75. The molecule has 1 saturated heterocycles. The Labute approximate surface area is 149 Å². The monoisotopic (exact) mass is 332 g/mol. The van der Waals surface area contributed by atoms with Gasteiger partial charge >= 0.3 is 7.12 Å². The molecule has 4 rings (SSSR count). The molecule has 1 aliphatic heterocycles. The second-order valence-electron chi connectivity index (χ2n) is 6.37. The molecule has 2 aromatic rings. The number of ether oxygens (including phenoxy) is 1. The predicted molar refractivity (Wildman–Crippen MR) is 101 cm³/mol. The number of hydrogen-bond donors (Lipinski definition) is 0. The molecule has 2 aromatic carbocycles. The maximum absolute atomic E-state index is 6.36. The number of allylic oxidation sites excluding steroid dienone is 2. The third kappa shape index (κ3) is 3.09. The minimum absolute atomic E-state index is 0.00861. The van der Waals surface area contributed by atoms with E-state index in [0.29, 0.717) is 0 Å². The number of hydrogen-bond acceptors (Lipinski definition) is 3. The average Bonchev–Trinajstić information content (AvgIpc) is 3.12. The Morgan fingerprint density at radius 2 is 1.76 bits per heavy atom. The molecular formula is C21H21BO3. The van der Waals surface area contributed by atoms with Gasteiger partial charge in [-0.25, -0.2) is 0 Å². The van der Waals surface area contributed by atoms with E-state index in [9.17, 15) is 0 Å². The van der Waals surface area contributed by atoms with Crippen molar-refractivity contribution in [2.24, 2.45) is 0 Å². The first-order valence-electron chi connectivity index (χ1n) is 8.64. The zero-order chi connectivity index (χ0) is 17.2. The van der Waals surface area contributed by atoms with Gasteiger partial charge in [0.1, 0.15) is 0 Å². The molecule has 0 unspecified atom stereocenters. The molecule has 2 aliphatic rings. The molecule has 0 saturated carbocycles. The van der Waals surface area contributed by atoms with Crippen LogP contribution in [0.15, 0.2) is 72.8 Å². The van der Waals surface area contributed by atoms with Crippen LogP contribution in [0.3, 0.4) is 0 Å². The number of methoxy groups -OCH3 is 1. The summed E-state index contributed by atoms with van der Waals surface area (Å²) in [4.78, 5) is 0. The van der Waals surface area contributed by atoms with E-state index in [1.807, 2.05) is 37.3 Å². The summed E-state index contributed by atoms with van der Waals surface area (Å²) in [6.07, 6.45) is 6.06. The summed E-state index contributed by atoms with van der Waals surface area (Å²) in [6.45, 7) is 2.04. The van der Waals surface area contributed by atoms with Crippen LogP contribution in [0.2, 0.25) is 0 Å². The summed E-state index contributed by atoms with van der Waals surface area (Å²) < 4.78 is 18.1. The molecule has 1 heterocycles. The third-order valence-electron chi connectivity index (χ3n) is 4.88. The van der Waals surface area contributed by atoms with Crippen molar-refractivity contribution in [3.63, 3.8) is 0 Å². The lowest BCUT2D eigenvalue weighted by Gasteiger charge is -2.22. The largest absolute Gasteiger partial charge is 0.495 e. The highest BCUT2D eigenvalue weighted by Crippen LogP contribution is 2.33. The van der Waals surface area contributed by atoms with Gasteiger partial charge < -0.3 is 14.0 Å². The summed E-state index contributed by atoms with van der Waals surface area (Å²) in [5, 5.41) is 0. The second-order valence-corrected chi connectivity index (χ2v) is 6.37. The van der Waals surface area contributed by atoms with E-state index in [1.165, 1.54) is 5.56 Å². The van der Waals surface area contributed by atoms with Crippen molar-refractivity contribution in [3.05, 3.63) is 84.0 Å². The van der Waals surface area contributed by atoms with E-state index in [0.717, 1.165) is 16.6 Å².